The van der Waals surface area contributed by atoms with Crippen LogP contribution in [0.2, 0.25) is 0 Å². The molecule has 0 unspecified atom stereocenters. The molecule has 2 aromatic rings. The summed E-state index contributed by atoms with van der Waals surface area (Å²) in [6.45, 7) is 3.49. The number of hydrogen-bond acceptors (Lipinski definition) is 3. The van der Waals surface area contributed by atoms with Gasteiger partial charge in [-0.15, -0.1) is 0 Å². The van der Waals surface area contributed by atoms with E-state index in [1.54, 1.807) is 0 Å². The number of hydrogen-bond donors (Lipinski definition) is 0. The first-order valence-corrected chi connectivity index (χ1v) is 8.87. The highest BCUT2D eigenvalue weighted by Crippen LogP contribution is 2.21. The summed E-state index contributed by atoms with van der Waals surface area (Å²) in [6.07, 6.45) is 4.31. The lowest BCUT2D eigenvalue weighted by Crippen LogP contribution is -2.31. The van der Waals surface area contributed by atoms with E-state index in [-0.39, 0.29) is 11.8 Å². The number of nitrogens with zero attached hydrogens (tertiary/aromatic N) is 4. The van der Waals surface area contributed by atoms with E-state index in [0.29, 0.717) is 25.1 Å². The minimum atomic E-state index is 0.0541. The second kappa shape index (κ2) is 6.70. The molecule has 1 aromatic carbocycles. The van der Waals surface area contributed by atoms with Crippen LogP contribution >= 0.6 is 0 Å². The number of fused-ring (bicyclic) bond motifs is 1. The van der Waals surface area contributed by atoms with Gasteiger partial charge >= 0.3 is 0 Å². The minimum Gasteiger partial charge on any atom is -0.337 e. The van der Waals surface area contributed by atoms with Gasteiger partial charge in [-0.25, -0.2) is 4.98 Å². The summed E-state index contributed by atoms with van der Waals surface area (Å²) in [7, 11) is 0. The van der Waals surface area contributed by atoms with Crippen molar-refractivity contribution in [3.63, 3.8) is 0 Å². The third kappa shape index (κ3) is 3.16. The number of aryl methyl sites for hydroxylation is 1. The summed E-state index contributed by atoms with van der Waals surface area (Å²) >= 11 is 0. The van der Waals surface area contributed by atoms with Crippen molar-refractivity contribution in [1.82, 2.24) is 19.4 Å². The van der Waals surface area contributed by atoms with Gasteiger partial charge in [-0.05, 0) is 25.0 Å². The van der Waals surface area contributed by atoms with Crippen LogP contribution in [0.5, 0.6) is 0 Å². The maximum absolute atomic E-state index is 12.8. The molecule has 4 rings (SSSR count). The standard InChI is InChI=1S/C19H22N4O2/c24-18-8-4-9-21(18)12-16-17-13-22(10-5-11-23(17)14-20-16)19(25)15-6-2-1-3-7-15/h1-3,6-7,14H,4-5,8-13H2. The molecule has 0 spiro atoms. The van der Waals surface area contributed by atoms with Crippen LogP contribution in [0.1, 0.15) is 41.0 Å². The Balaban J connectivity index is 1.56. The molecule has 0 N–H and O–H groups in total. The molecule has 25 heavy (non-hydrogen) atoms. The smallest absolute Gasteiger partial charge is 0.254 e. The number of rotatable bonds is 3. The van der Waals surface area contributed by atoms with Gasteiger partial charge in [0.25, 0.3) is 5.91 Å². The molecule has 3 heterocycles. The van der Waals surface area contributed by atoms with Crippen molar-refractivity contribution >= 4 is 11.8 Å². The minimum absolute atomic E-state index is 0.0541. The molecular weight excluding hydrogens is 316 g/mol. The lowest BCUT2D eigenvalue weighted by Gasteiger charge is -2.21. The van der Waals surface area contributed by atoms with E-state index in [9.17, 15) is 9.59 Å². The van der Waals surface area contributed by atoms with Gasteiger partial charge in [0.05, 0.1) is 30.8 Å². The number of amides is 2. The Morgan fingerprint density at radius 3 is 2.68 bits per heavy atom. The quantitative estimate of drug-likeness (QED) is 0.861. The number of carbonyl (C=O) groups excluding carboxylic acids is 2. The van der Waals surface area contributed by atoms with Crippen LogP contribution in [-0.4, -0.2) is 44.3 Å². The first-order chi connectivity index (χ1) is 12.2. The predicted octanol–water partition coefficient (Wildman–Crippen LogP) is 2.05. The van der Waals surface area contributed by atoms with E-state index < -0.39 is 0 Å². The molecule has 0 bridgehead atoms. The molecule has 1 aromatic heterocycles. The number of likely N-dealkylation sites (tertiary alicyclic amines) is 1. The highest BCUT2D eigenvalue weighted by molar-refractivity contribution is 5.94. The zero-order valence-electron chi connectivity index (χ0n) is 14.2. The van der Waals surface area contributed by atoms with Gasteiger partial charge in [-0.1, -0.05) is 18.2 Å². The fourth-order valence-corrected chi connectivity index (χ4v) is 3.64. The molecule has 130 valence electrons. The molecule has 1 saturated heterocycles. The summed E-state index contributed by atoms with van der Waals surface area (Å²) in [5.74, 6) is 0.256. The first kappa shape index (κ1) is 15.9. The van der Waals surface area contributed by atoms with Crippen molar-refractivity contribution in [3.05, 3.63) is 53.6 Å². The van der Waals surface area contributed by atoms with Gasteiger partial charge in [0.1, 0.15) is 0 Å². The molecular formula is C19H22N4O2. The summed E-state index contributed by atoms with van der Waals surface area (Å²) in [5.41, 5.74) is 2.69. The van der Waals surface area contributed by atoms with Crippen molar-refractivity contribution in [1.29, 1.82) is 0 Å². The van der Waals surface area contributed by atoms with Crippen molar-refractivity contribution < 1.29 is 9.59 Å². The van der Waals surface area contributed by atoms with Gasteiger partial charge in [0, 0.05) is 31.6 Å². The van der Waals surface area contributed by atoms with Gasteiger partial charge in [-0.2, -0.15) is 0 Å². The van der Waals surface area contributed by atoms with Crippen LogP contribution < -0.4 is 0 Å². The molecule has 2 aliphatic heterocycles. The van der Waals surface area contributed by atoms with Crippen molar-refractivity contribution in [2.24, 2.45) is 0 Å². The molecule has 0 saturated carbocycles. The SMILES string of the molecule is O=C1CCCN1Cc1ncn2c1CN(C(=O)c1ccccc1)CCC2. The van der Waals surface area contributed by atoms with Crippen LogP contribution in [-0.2, 0) is 24.4 Å². The van der Waals surface area contributed by atoms with Crippen LogP contribution in [0.4, 0.5) is 0 Å². The fourth-order valence-electron chi connectivity index (χ4n) is 3.64. The van der Waals surface area contributed by atoms with E-state index in [1.807, 2.05) is 46.5 Å². The Kier molecular flexibility index (Phi) is 4.26. The maximum Gasteiger partial charge on any atom is 0.254 e. The van der Waals surface area contributed by atoms with E-state index in [0.717, 1.165) is 43.9 Å². The van der Waals surface area contributed by atoms with Crippen LogP contribution in [0.15, 0.2) is 36.7 Å². The highest BCUT2D eigenvalue weighted by Gasteiger charge is 2.26. The van der Waals surface area contributed by atoms with Crippen LogP contribution in [0.3, 0.4) is 0 Å². The largest absolute Gasteiger partial charge is 0.337 e. The van der Waals surface area contributed by atoms with E-state index >= 15 is 0 Å². The van der Waals surface area contributed by atoms with Crippen molar-refractivity contribution in [3.8, 4) is 0 Å². The number of carbonyl (C=O) groups is 2. The number of benzene rings is 1. The summed E-state index contributed by atoms with van der Waals surface area (Å²) in [4.78, 5) is 33.0. The Hall–Kier alpha value is -2.63. The third-order valence-corrected chi connectivity index (χ3v) is 5.02. The zero-order chi connectivity index (χ0) is 17.2. The molecule has 0 aliphatic carbocycles. The van der Waals surface area contributed by atoms with Crippen molar-refractivity contribution in [2.75, 3.05) is 13.1 Å². The molecule has 2 aliphatic rings. The number of aromatic nitrogens is 2. The fraction of sp³-hybridized carbons (Fsp3) is 0.421. The summed E-state index contributed by atoms with van der Waals surface area (Å²) < 4.78 is 2.13. The Labute approximate surface area is 147 Å². The molecule has 6 nitrogen and oxygen atoms in total. The zero-order valence-corrected chi connectivity index (χ0v) is 14.2. The maximum atomic E-state index is 12.8. The monoisotopic (exact) mass is 338 g/mol. The highest BCUT2D eigenvalue weighted by atomic mass is 16.2. The van der Waals surface area contributed by atoms with Gasteiger partial charge in [0.15, 0.2) is 0 Å². The van der Waals surface area contributed by atoms with Crippen LogP contribution in [0, 0.1) is 0 Å². The molecule has 6 heteroatoms. The van der Waals surface area contributed by atoms with Gasteiger partial charge < -0.3 is 14.4 Å². The summed E-state index contributed by atoms with van der Waals surface area (Å²) in [6, 6.07) is 9.40. The van der Waals surface area contributed by atoms with Crippen molar-refractivity contribution in [2.45, 2.75) is 38.9 Å². The molecule has 1 fully saturated rings. The second-order valence-electron chi connectivity index (χ2n) is 6.70. The Bertz CT molecular complexity index is 784. The number of imidazole rings is 1. The van der Waals surface area contributed by atoms with Gasteiger partial charge in [0.2, 0.25) is 5.91 Å². The predicted molar refractivity (Wildman–Crippen MR) is 92.7 cm³/mol. The van der Waals surface area contributed by atoms with E-state index in [1.165, 1.54) is 0 Å². The van der Waals surface area contributed by atoms with E-state index in [4.69, 9.17) is 0 Å². The molecule has 0 radical (unpaired) electrons. The Morgan fingerprint density at radius 2 is 1.92 bits per heavy atom. The average molecular weight is 338 g/mol. The lowest BCUT2D eigenvalue weighted by atomic mass is 10.2. The van der Waals surface area contributed by atoms with Gasteiger partial charge in [-0.3, -0.25) is 9.59 Å². The second-order valence-corrected chi connectivity index (χ2v) is 6.70. The molecule has 2 amide bonds. The van der Waals surface area contributed by atoms with Crippen LogP contribution in [0.25, 0.3) is 0 Å². The average Bonchev–Trinajstić information content (AvgIpc) is 3.14. The topological polar surface area (TPSA) is 58.4 Å². The third-order valence-electron chi connectivity index (χ3n) is 5.02. The Morgan fingerprint density at radius 1 is 1.08 bits per heavy atom. The molecule has 0 atom stereocenters. The summed E-state index contributed by atoms with van der Waals surface area (Å²) in [5, 5.41) is 0. The normalized spacial score (nSPS) is 17.5. The first-order valence-electron chi connectivity index (χ1n) is 8.87. The lowest BCUT2D eigenvalue weighted by molar-refractivity contribution is -0.128. The van der Waals surface area contributed by atoms with E-state index in [2.05, 4.69) is 9.55 Å².